The van der Waals surface area contributed by atoms with Gasteiger partial charge in [0.05, 0.1) is 0 Å². The van der Waals surface area contributed by atoms with Crippen molar-refractivity contribution < 1.29 is 4.39 Å². The number of alkyl halides is 1. The van der Waals surface area contributed by atoms with Crippen molar-refractivity contribution in [1.82, 2.24) is 0 Å². The lowest BCUT2D eigenvalue weighted by Crippen LogP contribution is -1.78. The van der Waals surface area contributed by atoms with Gasteiger partial charge in [0.15, 0.2) is 0 Å². The van der Waals surface area contributed by atoms with E-state index in [0.29, 0.717) is 0 Å². The zero-order chi connectivity index (χ0) is 4.28. The lowest BCUT2D eigenvalue weighted by Gasteiger charge is -1.79. The van der Waals surface area contributed by atoms with Crippen LogP contribution in [-0.4, -0.2) is 6.17 Å². The van der Waals surface area contributed by atoms with Gasteiger partial charge in [-0.2, -0.15) is 0 Å². The van der Waals surface area contributed by atoms with Crippen molar-refractivity contribution in [3.63, 3.8) is 0 Å². The third kappa shape index (κ3) is 3.67. The fourth-order valence-electron chi connectivity index (χ4n) is 0. The monoisotopic (exact) mass is 73.0 g/mol. The second-order valence-corrected chi connectivity index (χ2v) is 0.870. The van der Waals surface area contributed by atoms with Crippen LogP contribution in [0.25, 0.3) is 0 Å². The number of hydrogen-bond acceptors (Lipinski definition) is 0. The molecular formula is C4H6F. The molecular weight excluding hydrogens is 67.0 g/mol. The first-order chi connectivity index (χ1) is 2.27. The van der Waals surface area contributed by atoms with Crippen molar-refractivity contribution in [3.8, 4) is 0 Å². The van der Waals surface area contributed by atoms with Crippen LogP contribution in [0.3, 0.4) is 0 Å². The summed E-state index contributed by atoms with van der Waals surface area (Å²) < 4.78 is 11.2. The van der Waals surface area contributed by atoms with Crippen molar-refractivity contribution in [2.24, 2.45) is 0 Å². The molecule has 0 aliphatic rings. The van der Waals surface area contributed by atoms with E-state index in [1.165, 1.54) is 6.92 Å². The molecule has 0 aromatic heterocycles. The van der Waals surface area contributed by atoms with Crippen molar-refractivity contribution in [2.75, 3.05) is 0 Å². The molecule has 0 saturated heterocycles. The average molecular weight is 73.1 g/mol. The van der Waals surface area contributed by atoms with Gasteiger partial charge in [-0.3, -0.25) is 0 Å². The highest BCUT2D eigenvalue weighted by Gasteiger charge is 1.79. The summed E-state index contributed by atoms with van der Waals surface area (Å²) in [6, 6.07) is 0. The molecule has 0 aliphatic carbocycles. The highest BCUT2D eigenvalue weighted by molar-refractivity contribution is 4.68. The van der Waals surface area contributed by atoms with Crippen LogP contribution in [0.4, 0.5) is 4.39 Å². The quantitative estimate of drug-likeness (QED) is 0.439. The summed E-state index contributed by atoms with van der Waals surface area (Å²) in [7, 11) is 0. The van der Waals surface area contributed by atoms with Crippen LogP contribution in [-0.2, 0) is 0 Å². The van der Waals surface area contributed by atoms with Gasteiger partial charge in [-0.25, -0.2) is 4.39 Å². The molecule has 0 rings (SSSR count). The summed E-state index contributed by atoms with van der Waals surface area (Å²) in [4.78, 5) is 0. The van der Waals surface area contributed by atoms with Gasteiger partial charge < -0.3 is 0 Å². The lowest BCUT2D eigenvalue weighted by atomic mass is 10.4. The molecule has 0 saturated carbocycles. The second-order valence-electron chi connectivity index (χ2n) is 0.870. The van der Waals surface area contributed by atoms with Crippen molar-refractivity contribution in [1.29, 1.82) is 0 Å². The summed E-state index contributed by atoms with van der Waals surface area (Å²) in [6.07, 6.45) is 0.0370. The highest BCUT2D eigenvalue weighted by Crippen LogP contribution is 1.83. The molecule has 1 radical (unpaired) electrons. The normalized spacial score (nSPS) is 14.0. The van der Waals surface area contributed by atoms with Crippen LogP contribution < -0.4 is 0 Å². The first-order valence-electron chi connectivity index (χ1n) is 1.46. The Morgan fingerprint density at radius 2 is 2.20 bits per heavy atom. The van der Waals surface area contributed by atoms with Crippen LogP contribution in [0.2, 0.25) is 0 Å². The zero-order valence-electron chi connectivity index (χ0n) is 3.11. The Morgan fingerprint density at radius 3 is 2.20 bits per heavy atom. The van der Waals surface area contributed by atoms with E-state index >= 15 is 0 Å². The van der Waals surface area contributed by atoms with Gasteiger partial charge in [-0.15, -0.1) is 0 Å². The molecule has 0 spiro atoms. The maximum Gasteiger partial charge on any atom is 0.116 e. The first-order valence-corrected chi connectivity index (χ1v) is 1.46. The molecule has 0 bridgehead atoms. The summed E-state index contributed by atoms with van der Waals surface area (Å²) in [6.45, 7) is 6.05. The molecule has 1 unspecified atom stereocenters. The Hall–Kier alpha value is -0.330. The Balaban J connectivity index is 2.83. The van der Waals surface area contributed by atoms with E-state index in [2.05, 4.69) is 6.58 Å². The van der Waals surface area contributed by atoms with E-state index in [9.17, 15) is 4.39 Å². The minimum Gasteiger partial charge on any atom is -0.243 e. The van der Waals surface area contributed by atoms with Gasteiger partial charge >= 0.3 is 0 Å². The Kier molecular flexibility index (Phi) is 1.81. The van der Waals surface area contributed by atoms with E-state index in [0.717, 1.165) is 6.08 Å². The maximum atomic E-state index is 11.2. The summed E-state index contributed by atoms with van der Waals surface area (Å²) in [5.74, 6) is 0. The Morgan fingerprint density at radius 1 is 2.00 bits per heavy atom. The fourth-order valence-corrected chi connectivity index (χ4v) is 0. The van der Waals surface area contributed by atoms with Gasteiger partial charge in [-0.1, -0.05) is 12.7 Å². The largest absolute Gasteiger partial charge is 0.243 e. The molecule has 0 heterocycles. The topological polar surface area (TPSA) is 0 Å². The molecule has 1 atom stereocenters. The van der Waals surface area contributed by atoms with E-state index in [4.69, 9.17) is 0 Å². The van der Waals surface area contributed by atoms with Crippen LogP contribution in [0.5, 0.6) is 0 Å². The smallest absolute Gasteiger partial charge is 0.116 e. The molecule has 0 aliphatic heterocycles. The third-order valence-electron chi connectivity index (χ3n) is 0.265. The van der Waals surface area contributed by atoms with Gasteiger partial charge in [0.1, 0.15) is 6.17 Å². The van der Waals surface area contributed by atoms with E-state index in [-0.39, 0.29) is 0 Å². The number of hydrogen-bond donors (Lipinski definition) is 0. The molecule has 0 N–H and O–H groups in total. The van der Waals surface area contributed by atoms with Gasteiger partial charge in [-0.05, 0) is 6.92 Å². The van der Waals surface area contributed by atoms with Crippen LogP contribution in [0.1, 0.15) is 6.92 Å². The van der Waals surface area contributed by atoms with E-state index in [1.54, 1.807) is 0 Å². The number of halogens is 1. The highest BCUT2D eigenvalue weighted by atomic mass is 19.1. The summed E-state index contributed by atoms with van der Waals surface area (Å²) in [5, 5.41) is 0. The molecule has 1 heteroatoms. The Bertz CT molecular complexity index is 30.6. The van der Waals surface area contributed by atoms with Crippen LogP contribution in [0, 0.1) is 6.58 Å². The summed E-state index contributed by atoms with van der Waals surface area (Å²) in [5.41, 5.74) is 0. The molecule has 0 amide bonds. The molecule has 0 aromatic carbocycles. The molecule has 5 heavy (non-hydrogen) atoms. The van der Waals surface area contributed by atoms with Crippen molar-refractivity contribution >= 4 is 0 Å². The van der Waals surface area contributed by atoms with Crippen LogP contribution in [0.15, 0.2) is 6.08 Å². The minimum absolute atomic E-state index is 0.963. The maximum absolute atomic E-state index is 11.2. The van der Waals surface area contributed by atoms with Crippen molar-refractivity contribution in [3.05, 3.63) is 12.7 Å². The summed E-state index contributed by atoms with van der Waals surface area (Å²) >= 11 is 0. The van der Waals surface area contributed by atoms with Crippen molar-refractivity contribution in [2.45, 2.75) is 13.1 Å². The SMILES string of the molecule is [CH]=CC(C)F. The molecule has 0 fully saturated rings. The Labute approximate surface area is 31.3 Å². The number of rotatable bonds is 1. The zero-order valence-corrected chi connectivity index (χ0v) is 3.11. The molecule has 0 aromatic rings. The van der Waals surface area contributed by atoms with Crippen LogP contribution >= 0.6 is 0 Å². The standard InChI is InChI=1S/C4H6F/c1-3-4(2)5/h1,3-4H,2H3. The minimum atomic E-state index is -0.963. The average Bonchev–Trinajstić information content (AvgIpc) is 1.38. The third-order valence-corrected chi connectivity index (χ3v) is 0.265. The number of allylic oxidation sites excluding steroid dienone is 1. The van der Waals surface area contributed by atoms with E-state index in [1.807, 2.05) is 0 Å². The predicted octanol–water partition coefficient (Wildman–Crippen LogP) is 1.33. The van der Waals surface area contributed by atoms with Gasteiger partial charge in [0.2, 0.25) is 0 Å². The molecule has 29 valence electrons. The first kappa shape index (κ1) is 4.67. The second kappa shape index (κ2) is 1.94. The molecule has 0 nitrogen and oxygen atoms in total. The lowest BCUT2D eigenvalue weighted by molar-refractivity contribution is 0.431. The van der Waals surface area contributed by atoms with Gasteiger partial charge in [0, 0.05) is 0 Å². The predicted molar refractivity (Wildman–Crippen MR) is 19.4 cm³/mol. The fraction of sp³-hybridized carbons (Fsp3) is 0.500. The van der Waals surface area contributed by atoms with E-state index < -0.39 is 6.17 Å². The van der Waals surface area contributed by atoms with Gasteiger partial charge in [0.25, 0.3) is 0 Å².